The molecule has 0 saturated heterocycles. The lowest BCUT2D eigenvalue weighted by Gasteiger charge is -2.06. The zero-order chi connectivity index (χ0) is 13.6. The molecular formula is C13H8BrCl2N3. The maximum Gasteiger partial charge on any atom is 0.144 e. The van der Waals surface area contributed by atoms with Crippen LogP contribution < -0.4 is 0 Å². The van der Waals surface area contributed by atoms with Gasteiger partial charge in [0, 0.05) is 13.2 Å². The van der Waals surface area contributed by atoms with Crippen LogP contribution in [0.2, 0.25) is 10.0 Å². The van der Waals surface area contributed by atoms with E-state index in [1.807, 2.05) is 23.7 Å². The Bertz CT molecular complexity index is 763. The first-order valence-electron chi connectivity index (χ1n) is 5.51. The Balaban J connectivity index is 2.38. The summed E-state index contributed by atoms with van der Waals surface area (Å²) in [7, 11) is 1.93. The quantitative estimate of drug-likeness (QED) is 0.591. The van der Waals surface area contributed by atoms with E-state index in [0.717, 1.165) is 22.4 Å². The smallest absolute Gasteiger partial charge is 0.144 e. The summed E-state index contributed by atoms with van der Waals surface area (Å²) in [6.45, 7) is 0. The second kappa shape index (κ2) is 4.78. The largest absolute Gasteiger partial charge is 0.327 e. The van der Waals surface area contributed by atoms with Gasteiger partial charge in [0.2, 0.25) is 0 Å². The molecule has 3 nitrogen and oxygen atoms in total. The molecule has 0 spiro atoms. The van der Waals surface area contributed by atoms with Gasteiger partial charge in [-0.1, -0.05) is 29.3 Å². The third-order valence-corrected chi connectivity index (χ3v) is 4.15. The summed E-state index contributed by atoms with van der Waals surface area (Å²) < 4.78 is 2.66. The van der Waals surface area contributed by atoms with Crippen LogP contribution in [-0.2, 0) is 7.05 Å². The Hall–Kier alpha value is -1.10. The zero-order valence-corrected chi connectivity index (χ0v) is 13.0. The predicted octanol–water partition coefficient (Wildman–Crippen LogP) is 4.70. The van der Waals surface area contributed by atoms with Gasteiger partial charge in [-0.15, -0.1) is 0 Å². The van der Waals surface area contributed by atoms with Gasteiger partial charge in [0.15, 0.2) is 0 Å². The minimum atomic E-state index is 0.579. The number of aryl methyl sites for hydroxylation is 1. The molecule has 0 unspecified atom stereocenters. The molecule has 0 radical (unpaired) electrons. The summed E-state index contributed by atoms with van der Waals surface area (Å²) in [5.41, 5.74) is 2.49. The number of hydrogen-bond donors (Lipinski definition) is 0. The lowest BCUT2D eigenvalue weighted by atomic mass is 10.2. The van der Waals surface area contributed by atoms with Crippen molar-refractivity contribution in [2.24, 2.45) is 7.05 Å². The molecule has 0 fully saturated rings. The third kappa shape index (κ3) is 2.04. The van der Waals surface area contributed by atoms with Crippen LogP contribution in [0, 0.1) is 0 Å². The molecule has 0 amide bonds. The molecule has 0 aliphatic heterocycles. The molecule has 0 saturated carbocycles. The van der Waals surface area contributed by atoms with Crippen LogP contribution in [0.5, 0.6) is 0 Å². The van der Waals surface area contributed by atoms with Crippen molar-refractivity contribution < 1.29 is 0 Å². The lowest BCUT2D eigenvalue weighted by molar-refractivity contribution is 0.959. The molecular weight excluding hydrogens is 349 g/mol. The van der Waals surface area contributed by atoms with Crippen molar-refractivity contribution in [2.75, 3.05) is 0 Å². The average molecular weight is 357 g/mol. The molecule has 0 aliphatic rings. The molecule has 3 rings (SSSR count). The van der Waals surface area contributed by atoms with Gasteiger partial charge in [0.05, 0.1) is 21.1 Å². The molecule has 1 aromatic carbocycles. The molecule has 2 heterocycles. The SMILES string of the molecule is Cn1c(-c2c(Cl)cccc2Cl)nc2c(Br)nccc21. The van der Waals surface area contributed by atoms with Crippen molar-refractivity contribution >= 4 is 50.2 Å². The molecule has 96 valence electrons. The first kappa shape index (κ1) is 12.9. The van der Waals surface area contributed by atoms with Gasteiger partial charge in [-0.25, -0.2) is 9.97 Å². The van der Waals surface area contributed by atoms with E-state index in [2.05, 4.69) is 25.9 Å². The number of pyridine rings is 1. The minimum Gasteiger partial charge on any atom is -0.327 e. The molecule has 0 bridgehead atoms. The first-order valence-corrected chi connectivity index (χ1v) is 7.06. The van der Waals surface area contributed by atoms with E-state index in [9.17, 15) is 0 Å². The highest BCUT2D eigenvalue weighted by molar-refractivity contribution is 9.10. The van der Waals surface area contributed by atoms with Gasteiger partial charge in [-0.3, -0.25) is 0 Å². The average Bonchev–Trinajstić information content (AvgIpc) is 2.69. The highest BCUT2D eigenvalue weighted by Crippen LogP contribution is 2.36. The second-order valence-electron chi connectivity index (χ2n) is 4.06. The third-order valence-electron chi connectivity index (χ3n) is 2.94. The number of rotatable bonds is 1. The van der Waals surface area contributed by atoms with Crippen molar-refractivity contribution in [3.05, 3.63) is 45.1 Å². The molecule has 0 N–H and O–H groups in total. The van der Waals surface area contributed by atoms with Crippen LogP contribution >= 0.6 is 39.1 Å². The summed E-state index contributed by atoms with van der Waals surface area (Å²) in [5.74, 6) is 0.722. The number of imidazole rings is 1. The van der Waals surface area contributed by atoms with Gasteiger partial charge in [0.1, 0.15) is 15.9 Å². The maximum atomic E-state index is 6.24. The van der Waals surface area contributed by atoms with Crippen LogP contribution in [0.4, 0.5) is 0 Å². The standard InChI is InChI=1S/C13H8BrCl2N3/c1-19-9-5-6-17-12(14)11(9)18-13(19)10-7(15)3-2-4-8(10)16/h2-6H,1H3. The topological polar surface area (TPSA) is 30.7 Å². The number of hydrogen-bond acceptors (Lipinski definition) is 2. The van der Waals surface area contributed by atoms with Crippen LogP contribution in [0.15, 0.2) is 35.1 Å². The summed E-state index contributed by atoms with van der Waals surface area (Å²) in [5, 5.41) is 1.16. The lowest BCUT2D eigenvalue weighted by Crippen LogP contribution is -1.93. The van der Waals surface area contributed by atoms with E-state index in [1.54, 1.807) is 18.3 Å². The van der Waals surface area contributed by atoms with E-state index < -0.39 is 0 Å². The van der Waals surface area contributed by atoms with Crippen molar-refractivity contribution in [1.82, 2.24) is 14.5 Å². The summed E-state index contributed by atoms with van der Waals surface area (Å²) in [6.07, 6.45) is 1.73. The van der Waals surface area contributed by atoms with E-state index >= 15 is 0 Å². The molecule has 0 aliphatic carbocycles. The molecule has 3 aromatic rings. The van der Waals surface area contributed by atoms with E-state index in [-0.39, 0.29) is 0 Å². The molecule has 19 heavy (non-hydrogen) atoms. The predicted molar refractivity (Wildman–Crippen MR) is 81.7 cm³/mol. The Labute approximate surface area is 128 Å². The van der Waals surface area contributed by atoms with Crippen molar-refractivity contribution in [3.8, 4) is 11.4 Å². The number of halogens is 3. The van der Waals surface area contributed by atoms with Crippen LogP contribution in [-0.4, -0.2) is 14.5 Å². The Kier molecular flexibility index (Phi) is 3.25. The van der Waals surface area contributed by atoms with Gasteiger partial charge >= 0.3 is 0 Å². The summed E-state index contributed by atoms with van der Waals surface area (Å²) >= 11 is 15.9. The van der Waals surface area contributed by atoms with Gasteiger partial charge in [0.25, 0.3) is 0 Å². The van der Waals surface area contributed by atoms with E-state index in [4.69, 9.17) is 23.2 Å². The van der Waals surface area contributed by atoms with Crippen molar-refractivity contribution in [1.29, 1.82) is 0 Å². The van der Waals surface area contributed by atoms with Gasteiger partial charge in [-0.2, -0.15) is 0 Å². The maximum absolute atomic E-state index is 6.24. The van der Waals surface area contributed by atoms with E-state index in [0.29, 0.717) is 14.6 Å². The Morgan fingerprint density at radius 2 is 1.84 bits per heavy atom. The summed E-state index contributed by atoms with van der Waals surface area (Å²) in [6, 6.07) is 7.32. The highest BCUT2D eigenvalue weighted by Gasteiger charge is 2.17. The first-order chi connectivity index (χ1) is 9.09. The second-order valence-corrected chi connectivity index (χ2v) is 5.63. The zero-order valence-electron chi connectivity index (χ0n) is 9.86. The van der Waals surface area contributed by atoms with Crippen molar-refractivity contribution in [2.45, 2.75) is 0 Å². The number of benzene rings is 1. The number of nitrogens with zero attached hydrogens (tertiary/aromatic N) is 3. The summed E-state index contributed by atoms with van der Waals surface area (Å²) in [4.78, 5) is 8.76. The fourth-order valence-corrected chi connectivity index (χ4v) is 3.00. The van der Waals surface area contributed by atoms with Gasteiger partial charge < -0.3 is 4.57 Å². The van der Waals surface area contributed by atoms with Crippen LogP contribution in [0.3, 0.4) is 0 Å². The van der Waals surface area contributed by atoms with Crippen LogP contribution in [0.1, 0.15) is 0 Å². The monoisotopic (exact) mass is 355 g/mol. The van der Waals surface area contributed by atoms with Crippen molar-refractivity contribution in [3.63, 3.8) is 0 Å². The molecule has 2 aromatic heterocycles. The molecule has 6 heteroatoms. The fraction of sp³-hybridized carbons (Fsp3) is 0.0769. The normalized spacial score (nSPS) is 11.2. The van der Waals surface area contributed by atoms with Crippen LogP contribution in [0.25, 0.3) is 22.4 Å². The Morgan fingerprint density at radius 1 is 1.16 bits per heavy atom. The molecule has 0 atom stereocenters. The number of fused-ring (bicyclic) bond motifs is 1. The van der Waals surface area contributed by atoms with Gasteiger partial charge in [-0.05, 0) is 34.1 Å². The highest BCUT2D eigenvalue weighted by atomic mass is 79.9. The number of aromatic nitrogens is 3. The minimum absolute atomic E-state index is 0.579. The fourth-order valence-electron chi connectivity index (χ4n) is 2.02. The van der Waals surface area contributed by atoms with E-state index in [1.165, 1.54) is 0 Å². The Morgan fingerprint density at radius 3 is 2.47 bits per heavy atom.